The van der Waals surface area contributed by atoms with Crippen molar-refractivity contribution < 1.29 is 19.7 Å². The van der Waals surface area contributed by atoms with Crippen molar-refractivity contribution in [2.45, 2.75) is 38.7 Å². The summed E-state index contributed by atoms with van der Waals surface area (Å²) >= 11 is 0. The molecule has 0 aliphatic carbocycles. The maximum atomic E-state index is 11.3. The number of carboxylic acid groups (broad SMARTS) is 1. The molecule has 10 nitrogen and oxygen atoms in total. The van der Waals surface area contributed by atoms with Crippen molar-refractivity contribution in [1.29, 1.82) is 0 Å². The quantitative estimate of drug-likeness (QED) is 0.325. The van der Waals surface area contributed by atoms with Crippen LogP contribution in [0.4, 0.5) is 23.5 Å². The third-order valence-electron chi connectivity index (χ3n) is 6.67. The number of hydrogen-bond acceptors (Lipinski definition) is 9. The Morgan fingerprint density at radius 1 is 1.11 bits per heavy atom. The molecule has 38 heavy (non-hydrogen) atoms. The van der Waals surface area contributed by atoms with Gasteiger partial charge in [-0.3, -0.25) is 4.79 Å². The van der Waals surface area contributed by atoms with Crippen LogP contribution in [0.25, 0.3) is 0 Å². The van der Waals surface area contributed by atoms with Crippen molar-refractivity contribution >= 4 is 29.5 Å². The van der Waals surface area contributed by atoms with Crippen molar-refractivity contribution in [3.05, 3.63) is 60.2 Å². The second-order valence-corrected chi connectivity index (χ2v) is 9.53. The molecule has 202 valence electrons. The summed E-state index contributed by atoms with van der Waals surface area (Å²) in [5, 5.41) is 22.5. The first-order valence-electron chi connectivity index (χ1n) is 13.1. The van der Waals surface area contributed by atoms with E-state index in [9.17, 15) is 15.0 Å². The van der Waals surface area contributed by atoms with Crippen LogP contribution in [0.2, 0.25) is 0 Å². The van der Waals surface area contributed by atoms with Gasteiger partial charge in [-0.15, -0.1) is 0 Å². The molecule has 0 amide bonds. The number of nitrogens with one attached hydrogen (secondary N) is 1. The zero-order chi connectivity index (χ0) is 26.9. The third-order valence-corrected chi connectivity index (χ3v) is 6.67. The lowest BCUT2D eigenvalue weighted by molar-refractivity contribution is -0.141. The molecule has 1 saturated heterocycles. The molecule has 3 N–H and O–H groups in total. The van der Waals surface area contributed by atoms with Crippen molar-refractivity contribution in [3.63, 3.8) is 0 Å². The Balaban J connectivity index is 1.40. The van der Waals surface area contributed by atoms with Gasteiger partial charge in [-0.25, -0.2) is 0 Å². The number of benzene rings is 2. The minimum atomic E-state index is -0.766. The number of hydrogen-bond donors (Lipinski definition) is 3. The fraction of sp³-hybridized carbons (Fsp3) is 0.429. The Morgan fingerprint density at radius 3 is 2.47 bits per heavy atom. The highest BCUT2D eigenvalue weighted by molar-refractivity contribution is 5.70. The fourth-order valence-electron chi connectivity index (χ4n) is 4.25. The van der Waals surface area contributed by atoms with Crippen LogP contribution in [0.3, 0.4) is 0 Å². The molecule has 10 heteroatoms. The molecule has 1 atom stereocenters. The molecule has 0 spiro atoms. The SMILES string of the molecule is CCC(Cc1ccc(OCCN(C)c2nc(Nc3ccccc3)nc(N3CCC(O)CC3)n2)cc1)C(=O)O. The number of aliphatic hydroxyl groups excluding tert-OH is 1. The lowest BCUT2D eigenvalue weighted by Gasteiger charge is -2.30. The second-order valence-electron chi connectivity index (χ2n) is 9.53. The highest BCUT2D eigenvalue weighted by Gasteiger charge is 2.22. The van der Waals surface area contributed by atoms with E-state index >= 15 is 0 Å². The number of rotatable bonds is 12. The van der Waals surface area contributed by atoms with Crippen molar-refractivity contribution in [3.8, 4) is 5.75 Å². The van der Waals surface area contributed by atoms with Crippen LogP contribution < -0.4 is 19.9 Å². The van der Waals surface area contributed by atoms with Crippen LogP contribution in [0.5, 0.6) is 5.75 Å². The zero-order valence-corrected chi connectivity index (χ0v) is 22.0. The summed E-state index contributed by atoms with van der Waals surface area (Å²) in [6.07, 6.45) is 2.18. The van der Waals surface area contributed by atoms with E-state index < -0.39 is 5.97 Å². The number of piperidine rings is 1. The van der Waals surface area contributed by atoms with E-state index in [1.165, 1.54) is 0 Å². The monoisotopic (exact) mass is 520 g/mol. The van der Waals surface area contributed by atoms with Gasteiger partial charge in [0.2, 0.25) is 17.8 Å². The average Bonchev–Trinajstić information content (AvgIpc) is 2.93. The lowest BCUT2D eigenvalue weighted by atomic mass is 9.97. The summed E-state index contributed by atoms with van der Waals surface area (Å²) in [6, 6.07) is 17.3. The summed E-state index contributed by atoms with van der Waals surface area (Å²) in [5.74, 6) is 1.14. The molecule has 4 rings (SSSR count). The van der Waals surface area contributed by atoms with Gasteiger partial charge in [0.15, 0.2) is 0 Å². The molecule has 1 aromatic heterocycles. The van der Waals surface area contributed by atoms with Gasteiger partial charge < -0.3 is 30.1 Å². The van der Waals surface area contributed by atoms with E-state index in [1.807, 2.05) is 73.5 Å². The zero-order valence-electron chi connectivity index (χ0n) is 22.0. The van der Waals surface area contributed by atoms with Crippen LogP contribution in [0, 0.1) is 5.92 Å². The van der Waals surface area contributed by atoms with Crippen LogP contribution in [0.1, 0.15) is 31.7 Å². The number of para-hydroxylation sites is 1. The van der Waals surface area contributed by atoms with E-state index in [4.69, 9.17) is 9.72 Å². The van der Waals surface area contributed by atoms with Crippen LogP contribution in [0.15, 0.2) is 54.6 Å². The molecule has 1 aliphatic rings. The molecule has 0 saturated carbocycles. The van der Waals surface area contributed by atoms with Crippen LogP contribution >= 0.6 is 0 Å². The Labute approximate surface area is 223 Å². The van der Waals surface area contributed by atoms with Gasteiger partial charge >= 0.3 is 5.97 Å². The van der Waals surface area contributed by atoms with Gasteiger partial charge in [0.05, 0.1) is 18.6 Å². The Morgan fingerprint density at radius 2 is 1.82 bits per heavy atom. The Hall–Kier alpha value is -3.92. The number of carbonyl (C=O) groups is 1. The average molecular weight is 521 g/mol. The number of ether oxygens (including phenoxy) is 1. The van der Waals surface area contributed by atoms with E-state index in [0.29, 0.717) is 69.8 Å². The van der Waals surface area contributed by atoms with Crippen molar-refractivity contribution in [2.24, 2.45) is 5.92 Å². The number of aromatic nitrogens is 3. The van der Waals surface area contributed by atoms with E-state index in [-0.39, 0.29) is 12.0 Å². The molecule has 3 aromatic rings. The first kappa shape index (κ1) is 27.1. The van der Waals surface area contributed by atoms with Crippen LogP contribution in [-0.4, -0.2) is 70.5 Å². The highest BCUT2D eigenvalue weighted by Crippen LogP contribution is 2.22. The van der Waals surface area contributed by atoms with E-state index in [2.05, 4.69) is 20.2 Å². The predicted molar refractivity (Wildman–Crippen MR) is 147 cm³/mol. The minimum absolute atomic E-state index is 0.284. The minimum Gasteiger partial charge on any atom is -0.492 e. The summed E-state index contributed by atoms with van der Waals surface area (Å²) in [7, 11) is 1.91. The largest absolute Gasteiger partial charge is 0.492 e. The third kappa shape index (κ3) is 7.55. The summed E-state index contributed by atoms with van der Waals surface area (Å²) in [4.78, 5) is 29.3. The van der Waals surface area contributed by atoms with Gasteiger partial charge in [-0.2, -0.15) is 15.0 Å². The lowest BCUT2D eigenvalue weighted by Crippen LogP contribution is -2.37. The maximum absolute atomic E-state index is 11.3. The molecule has 1 aliphatic heterocycles. The smallest absolute Gasteiger partial charge is 0.306 e. The maximum Gasteiger partial charge on any atom is 0.306 e. The molecule has 2 aromatic carbocycles. The standard InChI is InChI=1S/C28H36N6O4/c1-3-21(25(36)37)19-20-9-11-24(12-10-20)38-18-17-33(2)27-30-26(29-22-7-5-4-6-8-22)31-28(32-27)34-15-13-23(35)14-16-34/h4-12,21,23,35H,3,13-19H2,1-2H3,(H,36,37)(H,29,30,31,32). The van der Waals surface area contributed by atoms with Gasteiger partial charge in [0.25, 0.3) is 0 Å². The number of carboxylic acids is 1. The predicted octanol–water partition coefficient (Wildman–Crippen LogP) is 3.74. The van der Waals surface area contributed by atoms with Gasteiger partial charge in [0.1, 0.15) is 12.4 Å². The molecule has 0 radical (unpaired) electrons. The second kappa shape index (κ2) is 13.0. The van der Waals surface area contributed by atoms with Crippen molar-refractivity contribution in [1.82, 2.24) is 15.0 Å². The summed E-state index contributed by atoms with van der Waals surface area (Å²) in [5.41, 5.74) is 1.86. The summed E-state index contributed by atoms with van der Waals surface area (Å²) < 4.78 is 5.93. The highest BCUT2D eigenvalue weighted by atomic mass is 16.5. The number of likely N-dealkylation sites (N-methyl/N-ethyl adjacent to an activating group) is 1. The molecular weight excluding hydrogens is 484 g/mol. The number of aliphatic carboxylic acids is 1. The molecule has 2 heterocycles. The molecule has 1 fully saturated rings. The van der Waals surface area contributed by atoms with E-state index in [0.717, 1.165) is 17.0 Å². The topological polar surface area (TPSA) is 124 Å². The van der Waals surface area contributed by atoms with Gasteiger partial charge in [0, 0.05) is 25.8 Å². The first-order valence-corrected chi connectivity index (χ1v) is 13.1. The number of anilines is 4. The van der Waals surface area contributed by atoms with Crippen LogP contribution in [-0.2, 0) is 11.2 Å². The first-order chi connectivity index (χ1) is 18.4. The van der Waals surface area contributed by atoms with Gasteiger partial charge in [-0.1, -0.05) is 37.3 Å². The number of nitrogens with zero attached hydrogens (tertiary/aromatic N) is 5. The molecule has 0 bridgehead atoms. The van der Waals surface area contributed by atoms with Gasteiger partial charge in [-0.05, 0) is 55.5 Å². The molecular formula is C28H36N6O4. The number of aliphatic hydroxyl groups is 1. The Kier molecular flexibility index (Phi) is 9.31. The summed E-state index contributed by atoms with van der Waals surface area (Å²) in [6.45, 7) is 4.22. The molecule has 1 unspecified atom stereocenters. The van der Waals surface area contributed by atoms with Crippen molar-refractivity contribution in [2.75, 3.05) is 48.4 Å². The Bertz CT molecular complexity index is 1170. The normalized spacial score (nSPS) is 14.7. The van der Waals surface area contributed by atoms with E-state index in [1.54, 1.807) is 0 Å². The fourth-order valence-corrected chi connectivity index (χ4v) is 4.25.